The topological polar surface area (TPSA) is 28.4 Å². The van der Waals surface area contributed by atoms with Crippen molar-refractivity contribution >= 4 is 22.5 Å². The molecule has 3 aromatic rings. The zero-order valence-corrected chi connectivity index (χ0v) is 16.7. The van der Waals surface area contributed by atoms with Gasteiger partial charge in [-0.1, -0.05) is 23.7 Å². The highest BCUT2D eigenvalue weighted by atomic mass is 35.5. The molecule has 1 N–H and O–H groups in total. The van der Waals surface area contributed by atoms with Gasteiger partial charge in [0.2, 0.25) is 0 Å². The molecule has 0 radical (unpaired) electrons. The van der Waals surface area contributed by atoms with Gasteiger partial charge in [0.05, 0.1) is 5.60 Å². The van der Waals surface area contributed by atoms with E-state index in [1.807, 2.05) is 6.07 Å². The molecule has 0 amide bonds. The molecular formula is C23H24ClFN2O. The van der Waals surface area contributed by atoms with Crippen molar-refractivity contribution in [3.05, 3.63) is 70.1 Å². The van der Waals surface area contributed by atoms with E-state index >= 15 is 0 Å². The number of aryl methyl sites for hydroxylation is 1. The quantitative estimate of drug-likeness (QED) is 0.622. The first-order valence-electron chi connectivity index (χ1n) is 9.92. The number of nitrogens with zero attached hydrogens (tertiary/aromatic N) is 2. The Hall–Kier alpha value is -1.88. The van der Waals surface area contributed by atoms with Crippen LogP contribution in [0.4, 0.5) is 4.39 Å². The molecule has 2 aliphatic heterocycles. The average molecular weight is 399 g/mol. The number of rotatable bonds is 1. The summed E-state index contributed by atoms with van der Waals surface area (Å²) in [7, 11) is 2.15. The zero-order chi connectivity index (χ0) is 19.5. The largest absolute Gasteiger partial charge is 0.385 e. The fraction of sp³-hybridized carbons (Fsp3) is 0.391. The zero-order valence-electron chi connectivity index (χ0n) is 16.0. The highest BCUT2D eigenvalue weighted by Gasteiger charge is 2.39. The second-order valence-corrected chi connectivity index (χ2v) is 8.83. The van der Waals surface area contributed by atoms with Gasteiger partial charge < -0.3 is 14.6 Å². The number of aliphatic hydroxyl groups is 1. The van der Waals surface area contributed by atoms with E-state index in [1.165, 1.54) is 34.3 Å². The van der Waals surface area contributed by atoms with Gasteiger partial charge in [-0.2, -0.15) is 0 Å². The van der Waals surface area contributed by atoms with E-state index in [-0.39, 0.29) is 11.7 Å². The third-order valence-corrected chi connectivity index (χ3v) is 6.80. The van der Waals surface area contributed by atoms with E-state index in [0.29, 0.717) is 12.8 Å². The molecule has 5 rings (SSSR count). The molecule has 3 heterocycles. The molecular weight excluding hydrogens is 375 g/mol. The molecule has 2 atom stereocenters. The van der Waals surface area contributed by atoms with Crippen molar-refractivity contribution < 1.29 is 9.50 Å². The molecule has 28 heavy (non-hydrogen) atoms. The predicted octanol–water partition coefficient (Wildman–Crippen LogP) is 5.03. The molecule has 0 aliphatic carbocycles. The molecule has 2 aliphatic rings. The van der Waals surface area contributed by atoms with E-state index in [4.69, 9.17) is 11.6 Å². The van der Waals surface area contributed by atoms with Crippen LogP contribution in [-0.2, 0) is 18.7 Å². The second kappa shape index (κ2) is 6.58. The number of halogens is 2. The van der Waals surface area contributed by atoms with Crippen molar-refractivity contribution in [3.8, 4) is 0 Å². The first kappa shape index (κ1) is 18.2. The molecule has 0 spiro atoms. The molecule has 2 aromatic carbocycles. The third kappa shape index (κ3) is 2.86. The van der Waals surface area contributed by atoms with Crippen LogP contribution in [0, 0.1) is 5.82 Å². The van der Waals surface area contributed by atoms with Gasteiger partial charge in [-0.15, -0.1) is 0 Å². The number of hydrogen-bond donors (Lipinski definition) is 1. The Morgan fingerprint density at radius 1 is 1.14 bits per heavy atom. The van der Waals surface area contributed by atoms with Gasteiger partial charge in [0.25, 0.3) is 0 Å². The van der Waals surface area contributed by atoms with Crippen molar-refractivity contribution in [3.63, 3.8) is 0 Å². The Morgan fingerprint density at radius 2 is 1.93 bits per heavy atom. The van der Waals surface area contributed by atoms with E-state index < -0.39 is 5.60 Å². The van der Waals surface area contributed by atoms with Crippen LogP contribution in [0.5, 0.6) is 0 Å². The van der Waals surface area contributed by atoms with E-state index in [1.54, 1.807) is 12.1 Å². The number of hydrogen-bond acceptors (Lipinski definition) is 2. The smallest absolute Gasteiger partial charge is 0.123 e. The molecule has 146 valence electrons. The molecule has 0 saturated heterocycles. The van der Waals surface area contributed by atoms with Gasteiger partial charge >= 0.3 is 0 Å². The van der Waals surface area contributed by atoms with Crippen LogP contribution in [0.15, 0.2) is 42.5 Å². The Bertz CT molecular complexity index is 1040. The number of aromatic nitrogens is 1. The lowest BCUT2D eigenvalue weighted by Gasteiger charge is -2.30. The Morgan fingerprint density at radius 3 is 2.71 bits per heavy atom. The Kier molecular flexibility index (Phi) is 4.27. The van der Waals surface area contributed by atoms with Crippen LogP contribution >= 0.6 is 11.6 Å². The van der Waals surface area contributed by atoms with Crippen LogP contribution in [0.2, 0.25) is 5.02 Å². The summed E-state index contributed by atoms with van der Waals surface area (Å²) in [6, 6.07) is 12.5. The van der Waals surface area contributed by atoms with Crippen LogP contribution in [0.1, 0.15) is 42.0 Å². The third-order valence-electron chi connectivity index (χ3n) is 6.56. The summed E-state index contributed by atoms with van der Waals surface area (Å²) >= 11 is 6.32. The average Bonchev–Trinajstić information content (AvgIpc) is 2.77. The maximum absolute atomic E-state index is 13.4. The maximum atomic E-state index is 13.4. The maximum Gasteiger partial charge on any atom is 0.123 e. The molecule has 0 fully saturated rings. The lowest BCUT2D eigenvalue weighted by molar-refractivity contribution is 0.0118. The summed E-state index contributed by atoms with van der Waals surface area (Å²) < 4.78 is 15.8. The first-order chi connectivity index (χ1) is 13.4. The van der Waals surface area contributed by atoms with Crippen LogP contribution in [-0.4, -0.2) is 28.2 Å². The van der Waals surface area contributed by atoms with Gasteiger partial charge in [0.1, 0.15) is 5.82 Å². The molecule has 2 unspecified atom stereocenters. The normalized spacial score (nSPS) is 25.4. The molecule has 0 bridgehead atoms. The molecule has 0 saturated carbocycles. The Balaban J connectivity index is 1.66. The first-order valence-corrected chi connectivity index (χ1v) is 10.3. The fourth-order valence-electron chi connectivity index (χ4n) is 5.18. The lowest BCUT2D eigenvalue weighted by Crippen LogP contribution is -2.28. The predicted molar refractivity (Wildman–Crippen MR) is 110 cm³/mol. The number of fused-ring (bicyclic) bond motifs is 3. The minimum Gasteiger partial charge on any atom is -0.385 e. The minimum absolute atomic E-state index is 0.253. The monoisotopic (exact) mass is 398 g/mol. The van der Waals surface area contributed by atoms with E-state index in [9.17, 15) is 9.50 Å². The summed E-state index contributed by atoms with van der Waals surface area (Å²) in [5, 5.41) is 13.6. The summed E-state index contributed by atoms with van der Waals surface area (Å²) in [4.78, 5) is 2.35. The van der Waals surface area contributed by atoms with Gasteiger partial charge in [-0.25, -0.2) is 4.39 Å². The van der Waals surface area contributed by atoms with Crippen LogP contribution < -0.4 is 0 Å². The van der Waals surface area contributed by atoms with E-state index in [2.05, 4.69) is 28.6 Å². The van der Waals surface area contributed by atoms with Gasteiger partial charge in [0, 0.05) is 40.6 Å². The van der Waals surface area contributed by atoms with Crippen LogP contribution in [0.25, 0.3) is 10.9 Å². The standard InChI is InChI=1S/C23H24ClFN2O/c1-26-10-8-15-13-23(28,16-2-5-18(25)6-3-16)9-11-27-21-7-4-17(24)12-19(21)20(14-26)22(15)27/h2-7,12,15,28H,8-11,13-14H2,1H3. The second-order valence-electron chi connectivity index (χ2n) is 8.39. The Labute approximate surface area is 169 Å². The van der Waals surface area contributed by atoms with Crippen molar-refractivity contribution in [1.29, 1.82) is 0 Å². The van der Waals surface area contributed by atoms with Gasteiger partial charge in [0.15, 0.2) is 0 Å². The summed E-state index contributed by atoms with van der Waals surface area (Å²) in [5.41, 5.74) is 3.74. The van der Waals surface area contributed by atoms with Crippen molar-refractivity contribution in [1.82, 2.24) is 9.47 Å². The molecule has 1 aromatic heterocycles. The van der Waals surface area contributed by atoms with Crippen molar-refractivity contribution in [2.75, 3.05) is 13.6 Å². The van der Waals surface area contributed by atoms with Crippen molar-refractivity contribution in [2.45, 2.75) is 43.9 Å². The number of benzene rings is 2. The highest BCUT2D eigenvalue weighted by molar-refractivity contribution is 6.31. The highest BCUT2D eigenvalue weighted by Crippen LogP contribution is 2.46. The molecule has 5 heteroatoms. The van der Waals surface area contributed by atoms with Crippen LogP contribution in [0.3, 0.4) is 0 Å². The van der Waals surface area contributed by atoms with E-state index in [0.717, 1.165) is 36.6 Å². The minimum atomic E-state index is -0.948. The van der Waals surface area contributed by atoms with Crippen molar-refractivity contribution in [2.24, 2.45) is 0 Å². The fourth-order valence-corrected chi connectivity index (χ4v) is 5.35. The summed E-state index contributed by atoms with van der Waals surface area (Å²) in [5.74, 6) is -0.0165. The lowest BCUT2D eigenvalue weighted by atomic mass is 9.80. The van der Waals surface area contributed by atoms with Gasteiger partial charge in [-0.3, -0.25) is 0 Å². The molecule has 3 nitrogen and oxygen atoms in total. The summed E-state index contributed by atoms with van der Waals surface area (Å²) in [6.07, 6.45) is 2.27. The SMILES string of the molecule is CN1CCC2CC(O)(c3ccc(F)cc3)CCn3c2c(c2cc(Cl)ccc23)C1. The van der Waals surface area contributed by atoms with Gasteiger partial charge in [-0.05, 0) is 74.3 Å². The summed E-state index contributed by atoms with van der Waals surface area (Å²) in [6.45, 7) is 2.62.